The predicted molar refractivity (Wildman–Crippen MR) is 81.7 cm³/mol. The van der Waals surface area contributed by atoms with E-state index in [1.54, 1.807) is 0 Å². The summed E-state index contributed by atoms with van der Waals surface area (Å²) in [5.41, 5.74) is 2.07. The molecule has 2 fully saturated rings. The standard InChI is InChI=1S/C18H23NO2/c1-11(2)14-8-18(9-14)10-15(20)19-17(21)16(18)13-6-4-5-12(3)7-13/h4-7,11,14,16H,8-10H2,1-3H3,(H,19,20,21). The Morgan fingerprint density at radius 3 is 2.57 bits per heavy atom. The third kappa shape index (κ3) is 2.39. The molecule has 1 aromatic carbocycles. The summed E-state index contributed by atoms with van der Waals surface area (Å²) in [6.07, 6.45) is 2.46. The molecule has 0 aromatic heterocycles. The average Bonchev–Trinajstić information content (AvgIpc) is 2.34. The van der Waals surface area contributed by atoms with Gasteiger partial charge in [0.2, 0.25) is 11.8 Å². The zero-order chi connectivity index (χ0) is 15.2. The van der Waals surface area contributed by atoms with Gasteiger partial charge in [-0.1, -0.05) is 43.7 Å². The smallest absolute Gasteiger partial charge is 0.234 e. The summed E-state index contributed by atoms with van der Waals surface area (Å²) < 4.78 is 0. The number of imide groups is 1. The van der Waals surface area contributed by atoms with Gasteiger partial charge in [0.1, 0.15) is 0 Å². The van der Waals surface area contributed by atoms with Gasteiger partial charge >= 0.3 is 0 Å². The first kappa shape index (κ1) is 14.3. The lowest BCUT2D eigenvalue weighted by Crippen LogP contribution is -2.56. The lowest BCUT2D eigenvalue weighted by atomic mass is 9.50. The third-order valence-corrected chi connectivity index (χ3v) is 5.31. The Hall–Kier alpha value is -1.64. The van der Waals surface area contributed by atoms with Crippen LogP contribution in [0.25, 0.3) is 0 Å². The lowest BCUT2D eigenvalue weighted by Gasteiger charge is -2.55. The van der Waals surface area contributed by atoms with Gasteiger partial charge in [0, 0.05) is 6.42 Å². The first-order chi connectivity index (χ1) is 9.91. The molecule has 21 heavy (non-hydrogen) atoms. The summed E-state index contributed by atoms with van der Waals surface area (Å²) in [5.74, 6) is 0.861. The fraction of sp³-hybridized carbons (Fsp3) is 0.556. The fourth-order valence-corrected chi connectivity index (χ4v) is 4.14. The number of rotatable bonds is 2. The van der Waals surface area contributed by atoms with Crippen LogP contribution in [0.2, 0.25) is 0 Å². The van der Waals surface area contributed by atoms with E-state index in [0.29, 0.717) is 18.3 Å². The number of benzene rings is 1. The van der Waals surface area contributed by atoms with Crippen molar-refractivity contribution in [2.45, 2.75) is 46.0 Å². The van der Waals surface area contributed by atoms with Crippen molar-refractivity contribution >= 4 is 11.8 Å². The van der Waals surface area contributed by atoms with E-state index in [2.05, 4.69) is 25.2 Å². The Morgan fingerprint density at radius 1 is 1.24 bits per heavy atom. The zero-order valence-electron chi connectivity index (χ0n) is 13.0. The van der Waals surface area contributed by atoms with Crippen molar-refractivity contribution in [3.8, 4) is 0 Å². The van der Waals surface area contributed by atoms with Gasteiger partial charge in [0.15, 0.2) is 0 Å². The SMILES string of the molecule is Cc1cccc(C2C(=O)NC(=O)CC23CC(C(C)C)C3)c1. The third-order valence-electron chi connectivity index (χ3n) is 5.31. The van der Waals surface area contributed by atoms with Gasteiger partial charge in [-0.25, -0.2) is 0 Å². The number of carbonyl (C=O) groups excluding carboxylic acids is 2. The Balaban J connectivity index is 1.95. The quantitative estimate of drug-likeness (QED) is 0.848. The topological polar surface area (TPSA) is 46.2 Å². The minimum atomic E-state index is -0.176. The largest absolute Gasteiger partial charge is 0.296 e. The fourth-order valence-electron chi connectivity index (χ4n) is 4.14. The molecular formula is C18H23NO2. The first-order valence-electron chi connectivity index (χ1n) is 7.81. The molecule has 1 heterocycles. The molecule has 1 saturated heterocycles. The monoisotopic (exact) mass is 285 g/mol. The normalized spacial score (nSPS) is 32.2. The van der Waals surface area contributed by atoms with E-state index in [4.69, 9.17) is 0 Å². The van der Waals surface area contributed by atoms with E-state index < -0.39 is 0 Å². The molecule has 1 unspecified atom stereocenters. The maximum atomic E-state index is 12.5. The highest BCUT2D eigenvalue weighted by Gasteiger charge is 2.56. The number of aryl methyl sites for hydroxylation is 1. The van der Waals surface area contributed by atoms with Crippen molar-refractivity contribution in [1.29, 1.82) is 0 Å². The van der Waals surface area contributed by atoms with Crippen LogP contribution in [-0.2, 0) is 9.59 Å². The molecular weight excluding hydrogens is 262 g/mol. The van der Waals surface area contributed by atoms with E-state index in [9.17, 15) is 9.59 Å². The number of nitrogens with one attached hydrogen (secondary N) is 1. The van der Waals surface area contributed by atoms with Crippen molar-refractivity contribution in [1.82, 2.24) is 5.32 Å². The maximum Gasteiger partial charge on any atom is 0.234 e. The summed E-state index contributed by atoms with van der Waals surface area (Å²) in [7, 11) is 0. The van der Waals surface area contributed by atoms with Gasteiger partial charge in [-0.3, -0.25) is 14.9 Å². The van der Waals surface area contributed by atoms with Crippen LogP contribution in [0, 0.1) is 24.2 Å². The molecule has 3 rings (SSSR count). The summed E-state index contributed by atoms with van der Waals surface area (Å²) in [6.45, 7) is 6.49. The van der Waals surface area contributed by atoms with Crippen molar-refractivity contribution in [2.75, 3.05) is 0 Å². The van der Waals surface area contributed by atoms with Crippen molar-refractivity contribution in [3.63, 3.8) is 0 Å². The van der Waals surface area contributed by atoms with Gasteiger partial charge in [-0.15, -0.1) is 0 Å². The first-order valence-corrected chi connectivity index (χ1v) is 7.81. The van der Waals surface area contributed by atoms with Crippen LogP contribution in [0.1, 0.15) is 50.2 Å². The molecule has 1 aromatic rings. The summed E-state index contributed by atoms with van der Waals surface area (Å²) >= 11 is 0. The van der Waals surface area contributed by atoms with E-state index in [-0.39, 0.29) is 23.1 Å². The van der Waals surface area contributed by atoms with Crippen molar-refractivity contribution in [2.24, 2.45) is 17.3 Å². The highest BCUT2D eigenvalue weighted by atomic mass is 16.2. The van der Waals surface area contributed by atoms with Crippen LogP contribution in [0.4, 0.5) is 0 Å². The number of amides is 2. The van der Waals surface area contributed by atoms with Crippen LogP contribution in [0.5, 0.6) is 0 Å². The molecule has 1 aliphatic carbocycles. The van der Waals surface area contributed by atoms with Crippen LogP contribution in [0.3, 0.4) is 0 Å². The summed E-state index contributed by atoms with van der Waals surface area (Å²) in [4.78, 5) is 24.3. The molecule has 112 valence electrons. The maximum absolute atomic E-state index is 12.5. The molecule has 2 amide bonds. The van der Waals surface area contributed by atoms with E-state index in [1.165, 1.54) is 0 Å². The average molecular weight is 285 g/mol. The highest BCUT2D eigenvalue weighted by molar-refractivity contribution is 6.02. The van der Waals surface area contributed by atoms with E-state index in [0.717, 1.165) is 24.0 Å². The number of hydrogen-bond donors (Lipinski definition) is 1. The van der Waals surface area contributed by atoms with E-state index in [1.807, 2.05) is 25.1 Å². The molecule has 1 N–H and O–H groups in total. The van der Waals surface area contributed by atoms with Gasteiger partial charge in [-0.05, 0) is 42.6 Å². The molecule has 1 saturated carbocycles. The molecule has 1 aliphatic heterocycles. The predicted octanol–water partition coefficient (Wildman–Crippen LogP) is 3.18. The second-order valence-electron chi connectivity index (χ2n) is 7.21. The minimum Gasteiger partial charge on any atom is -0.296 e. The second-order valence-corrected chi connectivity index (χ2v) is 7.21. The molecule has 0 bridgehead atoms. The van der Waals surface area contributed by atoms with Gasteiger partial charge in [0.25, 0.3) is 0 Å². The Kier molecular flexibility index (Phi) is 3.39. The second kappa shape index (κ2) is 4.97. The van der Waals surface area contributed by atoms with E-state index >= 15 is 0 Å². The van der Waals surface area contributed by atoms with Crippen molar-refractivity contribution < 1.29 is 9.59 Å². The van der Waals surface area contributed by atoms with Gasteiger partial charge in [0.05, 0.1) is 5.92 Å². The minimum absolute atomic E-state index is 0.105. The number of carbonyl (C=O) groups is 2. The molecule has 1 spiro atoms. The highest BCUT2D eigenvalue weighted by Crippen LogP contribution is 2.60. The molecule has 3 heteroatoms. The summed E-state index contributed by atoms with van der Waals surface area (Å²) in [6, 6.07) is 8.16. The van der Waals surface area contributed by atoms with Crippen LogP contribution >= 0.6 is 0 Å². The van der Waals surface area contributed by atoms with Crippen molar-refractivity contribution in [3.05, 3.63) is 35.4 Å². The van der Waals surface area contributed by atoms with Crippen LogP contribution < -0.4 is 5.32 Å². The van der Waals surface area contributed by atoms with Gasteiger partial charge in [-0.2, -0.15) is 0 Å². The lowest BCUT2D eigenvalue weighted by molar-refractivity contribution is -0.147. The Morgan fingerprint density at radius 2 is 1.95 bits per heavy atom. The molecule has 2 aliphatic rings. The molecule has 0 radical (unpaired) electrons. The summed E-state index contributed by atoms with van der Waals surface area (Å²) in [5, 5.41) is 2.54. The zero-order valence-corrected chi connectivity index (χ0v) is 13.0. The van der Waals surface area contributed by atoms with Gasteiger partial charge < -0.3 is 0 Å². The van der Waals surface area contributed by atoms with Crippen LogP contribution in [-0.4, -0.2) is 11.8 Å². The number of hydrogen-bond acceptors (Lipinski definition) is 2. The number of piperidine rings is 1. The molecule has 1 atom stereocenters. The van der Waals surface area contributed by atoms with Crippen LogP contribution in [0.15, 0.2) is 24.3 Å². The Labute approximate surface area is 126 Å². The molecule has 3 nitrogen and oxygen atoms in total. The Bertz CT molecular complexity index is 585.